The van der Waals surface area contributed by atoms with Crippen LogP contribution < -0.4 is 5.32 Å². The summed E-state index contributed by atoms with van der Waals surface area (Å²) in [7, 11) is 0. The summed E-state index contributed by atoms with van der Waals surface area (Å²) in [5.41, 5.74) is 5.36. The molecule has 4 rings (SSSR count). The van der Waals surface area contributed by atoms with Crippen molar-refractivity contribution < 1.29 is 9.90 Å². The van der Waals surface area contributed by atoms with Crippen LogP contribution in [0.2, 0.25) is 5.02 Å². The molecule has 3 nitrogen and oxygen atoms in total. The van der Waals surface area contributed by atoms with E-state index in [2.05, 4.69) is 11.9 Å². The zero-order chi connectivity index (χ0) is 17.6. The number of amides is 1. The van der Waals surface area contributed by atoms with Gasteiger partial charge in [-0.15, -0.1) is 0 Å². The lowest BCUT2D eigenvalue weighted by atomic mass is 9.97. The van der Waals surface area contributed by atoms with Crippen LogP contribution in [0.4, 0.5) is 5.69 Å². The van der Waals surface area contributed by atoms with E-state index in [0.717, 1.165) is 27.8 Å². The van der Waals surface area contributed by atoms with E-state index < -0.39 is 0 Å². The normalized spacial score (nSPS) is 12.8. The van der Waals surface area contributed by atoms with E-state index in [4.69, 9.17) is 11.6 Å². The van der Waals surface area contributed by atoms with Crippen LogP contribution in [-0.2, 0) is 4.79 Å². The largest absolute Gasteiger partial charge is 0.507 e. The van der Waals surface area contributed by atoms with E-state index in [0.29, 0.717) is 16.3 Å². The Morgan fingerprint density at radius 2 is 1.52 bits per heavy atom. The fourth-order valence-electron chi connectivity index (χ4n) is 3.01. The van der Waals surface area contributed by atoms with Gasteiger partial charge >= 0.3 is 0 Å². The summed E-state index contributed by atoms with van der Waals surface area (Å²) in [5.74, 6) is 0.0461. The van der Waals surface area contributed by atoms with Crippen molar-refractivity contribution in [3.8, 4) is 28.0 Å². The molecule has 0 radical (unpaired) electrons. The summed E-state index contributed by atoms with van der Waals surface area (Å²) in [6.07, 6.45) is 0. The third-order valence-corrected chi connectivity index (χ3v) is 4.68. The third kappa shape index (κ3) is 2.59. The van der Waals surface area contributed by atoms with Gasteiger partial charge in [-0.25, -0.2) is 0 Å². The number of carbonyl (C=O) groups is 1. The van der Waals surface area contributed by atoms with E-state index in [1.165, 1.54) is 0 Å². The highest BCUT2D eigenvalue weighted by Gasteiger charge is 2.24. The molecule has 0 aliphatic carbocycles. The number of halogens is 1. The number of hydrogen-bond donors (Lipinski definition) is 2. The Hall–Kier alpha value is -3.04. The molecule has 1 aliphatic heterocycles. The Morgan fingerprint density at radius 3 is 2.20 bits per heavy atom. The highest BCUT2D eigenvalue weighted by molar-refractivity contribution is 6.36. The first-order chi connectivity index (χ1) is 12.0. The van der Waals surface area contributed by atoms with Crippen molar-refractivity contribution in [1.29, 1.82) is 0 Å². The Morgan fingerprint density at radius 1 is 0.880 bits per heavy atom. The summed E-state index contributed by atoms with van der Waals surface area (Å²) >= 11 is 6.40. The maximum Gasteiger partial charge on any atom is 0.255 e. The quantitative estimate of drug-likeness (QED) is 0.614. The first-order valence-electron chi connectivity index (χ1n) is 7.77. The Kier molecular flexibility index (Phi) is 3.59. The van der Waals surface area contributed by atoms with Gasteiger partial charge in [0.1, 0.15) is 5.75 Å². The fraction of sp³-hybridized carbons (Fsp3) is 0. The Bertz CT molecular complexity index is 1020. The second-order valence-corrected chi connectivity index (χ2v) is 6.31. The number of aromatic hydroxyl groups is 1. The molecule has 1 aliphatic rings. The number of carbonyl (C=O) groups excluding carboxylic acids is 1. The van der Waals surface area contributed by atoms with Crippen LogP contribution in [0.1, 0.15) is 5.56 Å². The molecule has 3 aromatic rings. The van der Waals surface area contributed by atoms with Gasteiger partial charge in [-0.2, -0.15) is 0 Å². The molecule has 3 aromatic carbocycles. The van der Waals surface area contributed by atoms with Crippen molar-refractivity contribution in [2.24, 2.45) is 0 Å². The number of fused-ring (bicyclic) bond motifs is 1. The van der Waals surface area contributed by atoms with Crippen LogP contribution in [0.5, 0.6) is 5.75 Å². The molecule has 25 heavy (non-hydrogen) atoms. The fourth-order valence-corrected chi connectivity index (χ4v) is 3.29. The second kappa shape index (κ2) is 5.80. The zero-order valence-corrected chi connectivity index (χ0v) is 14.0. The minimum atomic E-state index is -0.196. The first-order valence-corrected chi connectivity index (χ1v) is 8.15. The van der Waals surface area contributed by atoms with Crippen molar-refractivity contribution in [2.45, 2.75) is 0 Å². The highest BCUT2D eigenvalue weighted by atomic mass is 35.5. The summed E-state index contributed by atoms with van der Waals surface area (Å²) < 4.78 is 0. The second-order valence-electron chi connectivity index (χ2n) is 5.90. The van der Waals surface area contributed by atoms with Crippen molar-refractivity contribution >= 4 is 28.8 Å². The van der Waals surface area contributed by atoms with Crippen molar-refractivity contribution in [3.63, 3.8) is 0 Å². The van der Waals surface area contributed by atoms with Crippen LogP contribution in [-0.4, -0.2) is 11.0 Å². The monoisotopic (exact) mass is 347 g/mol. The molecule has 0 spiro atoms. The molecule has 122 valence electrons. The molecule has 0 aromatic heterocycles. The lowest BCUT2D eigenvalue weighted by molar-refractivity contribution is -0.110. The van der Waals surface area contributed by atoms with Crippen LogP contribution in [0.3, 0.4) is 0 Å². The number of benzene rings is 3. The van der Waals surface area contributed by atoms with Crippen LogP contribution in [0.15, 0.2) is 67.2 Å². The molecular formula is C21H14ClNO2. The van der Waals surface area contributed by atoms with Gasteiger partial charge in [-0.05, 0) is 29.3 Å². The molecule has 1 heterocycles. The van der Waals surface area contributed by atoms with Crippen LogP contribution in [0, 0.1) is 0 Å². The van der Waals surface area contributed by atoms with Crippen LogP contribution >= 0.6 is 11.6 Å². The number of rotatable bonds is 2. The molecule has 0 unspecified atom stereocenters. The predicted octanol–water partition coefficient (Wildman–Crippen LogP) is 5.34. The van der Waals surface area contributed by atoms with Gasteiger partial charge in [0.2, 0.25) is 0 Å². The highest BCUT2D eigenvalue weighted by Crippen LogP contribution is 2.39. The molecule has 0 atom stereocenters. The van der Waals surface area contributed by atoms with Gasteiger partial charge < -0.3 is 10.4 Å². The summed E-state index contributed by atoms with van der Waals surface area (Å²) in [5, 5.41) is 13.3. The SMILES string of the molecule is C=C1C(=O)Nc2cc(Cl)c(-c3ccc(-c4ccccc4O)cc3)cc21. The first kappa shape index (κ1) is 15.5. The molecule has 0 bridgehead atoms. The molecule has 1 amide bonds. The van der Waals surface area contributed by atoms with Crippen LogP contribution in [0.25, 0.3) is 27.8 Å². The van der Waals surface area contributed by atoms with Gasteiger partial charge in [0.05, 0.1) is 10.7 Å². The Balaban J connectivity index is 1.76. The number of phenolic OH excluding ortho intramolecular Hbond substituents is 1. The predicted molar refractivity (Wildman–Crippen MR) is 102 cm³/mol. The summed E-state index contributed by atoms with van der Waals surface area (Å²) in [4.78, 5) is 11.7. The van der Waals surface area contributed by atoms with E-state index in [1.807, 2.05) is 42.5 Å². The van der Waals surface area contributed by atoms with E-state index in [-0.39, 0.29) is 11.7 Å². The average Bonchev–Trinajstić information content (AvgIpc) is 2.88. The standard InChI is InChI=1S/C21H14ClNO2/c1-12-16-10-17(18(22)11-19(16)23-21(12)25)14-8-6-13(7-9-14)15-4-2-3-5-20(15)24/h2-11,24H,1H2,(H,23,25). The molecule has 4 heteroatoms. The maximum atomic E-state index is 11.7. The molecule has 0 saturated heterocycles. The van der Waals surface area contributed by atoms with Crippen molar-refractivity contribution in [1.82, 2.24) is 0 Å². The van der Waals surface area contributed by atoms with Gasteiger partial charge in [-0.1, -0.05) is 60.6 Å². The number of phenols is 1. The molecule has 0 saturated carbocycles. The van der Waals surface area contributed by atoms with Gasteiger partial charge in [0.15, 0.2) is 0 Å². The molecular weight excluding hydrogens is 334 g/mol. The number of para-hydroxylation sites is 1. The van der Waals surface area contributed by atoms with E-state index >= 15 is 0 Å². The Labute approximate surface area is 150 Å². The number of hydrogen-bond acceptors (Lipinski definition) is 2. The topological polar surface area (TPSA) is 49.3 Å². The third-order valence-electron chi connectivity index (χ3n) is 4.37. The molecule has 0 fully saturated rings. The smallest absolute Gasteiger partial charge is 0.255 e. The average molecular weight is 348 g/mol. The molecule has 2 N–H and O–H groups in total. The summed E-state index contributed by atoms with van der Waals surface area (Å²) in [6, 6.07) is 18.6. The lowest BCUT2D eigenvalue weighted by Crippen LogP contribution is -2.02. The summed E-state index contributed by atoms with van der Waals surface area (Å²) in [6.45, 7) is 3.82. The number of nitrogens with one attached hydrogen (secondary N) is 1. The van der Waals surface area contributed by atoms with E-state index in [9.17, 15) is 9.90 Å². The minimum Gasteiger partial charge on any atom is -0.507 e. The van der Waals surface area contributed by atoms with Gasteiger partial charge in [0, 0.05) is 22.3 Å². The van der Waals surface area contributed by atoms with Gasteiger partial charge in [-0.3, -0.25) is 4.79 Å². The van der Waals surface area contributed by atoms with E-state index in [1.54, 1.807) is 18.2 Å². The van der Waals surface area contributed by atoms with Gasteiger partial charge in [0.25, 0.3) is 5.91 Å². The minimum absolute atomic E-state index is 0.196. The number of anilines is 1. The van der Waals surface area contributed by atoms with Crippen molar-refractivity contribution in [2.75, 3.05) is 5.32 Å². The van der Waals surface area contributed by atoms with Crippen molar-refractivity contribution in [3.05, 3.63) is 77.8 Å². The zero-order valence-electron chi connectivity index (χ0n) is 13.2. The maximum absolute atomic E-state index is 11.7. The lowest BCUT2D eigenvalue weighted by Gasteiger charge is -2.10.